The van der Waals surface area contributed by atoms with Crippen LogP contribution in [0, 0.1) is 0 Å². The van der Waals surface area contributed by atoms with Crippen molar-refractivity contribution in [2.75, 3.05) is 17.2 Å². The number of anilines is 1. The lowest BCUT2D eigenvalue weighted by atomic mass is 10.1. The molecule has 2 rings (SSSR count). The quantitative estimate of drug-likeness (QED) is 0.642. The fourth-order valence-electron chi connectivity index (χ4n) is 2.22. The Labute approximate surface area is 118 Å². The smallest absolute Gasteiger partial charge is 0.244 e. The zero-order chi connectivity index (χ0) is 14.6. The number of nitrogens with one attached hydrogen (secondary N) is 1. The maximum atomic E-state index is 11.8. The van der Waals surface area contributed by atoms with Crippen molar-refractivity contribution >= 4 is 27.5 Å². The summed E-state index contributed by atoms with van der Waals surface area (Å²) in [4.78, 5) is 11.8. The first kappa shape index (κ1) is 14.6. The lowest BCUT2D eigenvalue weighted by Gasteiger charge is -2.22. The Kier molecular flexibility index (Phi) is 4.44. The van der Waals surface area contributed by atoms with Crippen molar-refractivity contribution < 1.29 is 13.2 Å². The van der Waals surface area contributed by atoms with Crippen LogP contribution in [0.3, 0.4) is 0 Å². The number of amides is 1. The van der Waals surface area contributed by atoms with Crippen LogP contribution in [0.1, 0.15) is 18.4 Å². The predicted octanol–water partition coefficient (Wildman–Crippen LogP) is 0.975. The van der Waals surface area contributed by atoms with E-state index in [9.17, 15) is 13.2 Å². The second-order valence-electron chi connectivity index (χ2n) is 4.97. The number of nitrogens with two attached hydrogens (primary N) is 1. The molecular formula is C14H18N2O3S. The van der Waals surface area contributed by atoms with E-state index < -0.39 is 9.84 Å². The zero-order valence-corrected chi connectivity index (χ0v) is 11.9. The van der Waals surface area contributed by atoms with Gasteiger partial charge in [0.05, 0.1) is 11.5 Å². The number of sulfone groups is 1. The molecule has 108 valence electrons. The van der Waals surface area contributed by atoms with Crippen LogP contribution in [0.5, 0.6) is 0 Å². The van der Waals surface area contributed by atoms with Crippen molar-refractivity contribution in [2.24, 2.45) is 0 Å². The molecular weight excluding hydrogens is 276 g/mol. The minimum absolute atomic E-state index is 0.0326. The van der Waals surface area contributed by atoms with E-state index in [0.717, 1.165) is 5.56 Å². The summed E-state index contributed by atoms with van der Waals surface area (Å²) in [5, 5.41) is 2.72. The number of carbonyl (C=O) groups is 1. The Balaban J connectivity index is 1.92. The summed E-state index contributed by atoms with van der Waals surface area (Å²) in [5.41, 5.74) is 7.10. The Morgan fingerprint density at radius 2 is 2.20 bits per heavy atom. The molecule has 1 fully saturated rings. The van der Waals surface area contributed by atoms with E-state index >= 15 is 0 Å². The first-order chi connectivity index (χ1) is 9.44. The second-order valence-corrected chi connectivity index (χ2v) is 7.19. The van der Waals surface area contributed by atoms with E-state index in [1.54, 1.807) is 24.3 Å². The van der Waals surface area contributed by atoms with Gasteiger partial charge in [-0.2, -0.15) is 0 Å². The number of carbonyl (C=O) groups excluding carboxylic acids is 1. The van der Waals surface area contributed by atoms with Gasteiger partial charge in [0.15, 0.2) is 9.84 Å². The summed E-state index contributed by atoms with van der Waals surface area (Å²) >= 11 is 0. The SMILES string of the molecule is Nc1cccc(/C=C/C(=O)NC2CCCS(=O)(=O)C2)c1. The van der Waals surface area contributed by atoms with Gasteiger partial charge in [-0.3, -0.25) is 4.79 Å². The number of rotatable bonds is 3. The highest BCUT2D eigenvalue weighted by Gasteiger charge is 2.25. The Bertz CT molecular complexity index is 623. The molecule has 1 unspecified atom stereocenters. The topological polar surface area (TPSA) is 89.3 Å². The molecule has 0 bridgehead atoms. The number of benzene rings is 1. The fraction of sp³-hybridized carbons (Fsp3) is 0.357. The number of nitrogen functional groups attached to an aromatic ring is 1. The van der Waals surface area contributed by atoms with Gasteiger partial charge in [-0.15, -0.1) is 0 Å². The normalized spacial score (nSPS) is 21.7. The third kappa shape index (κ3) is 4.38. The molecule has 0 aliphatic carbocycles. The van der Waals surface area contributed by atoms with Gasteiger partial charge in [0.1, 0.15) is 0 Å². The van der Waals surface area contributed by atoms with Crippen molar-refractivity contribution in [3.05, 3.63) is 35.9 Å². The largest absolute Gasteiger partial charge is 0.399 e. The van der Waals surface area contributed by atoms with Crippen LogP contribution in [0.2, 0.25) is 0 Å². The first-order valence-electron chi connectivity index (χ1n) is 6.49. The highest BCUT2D eigenvalue weighted by atomic mass is 32.2. The van der Waals surface area contributed by atoms with Gasteiger partial charge in [-0.1, -0.05) is 12.1 Å². The van der Waals surface area contributed by atoms with E-state index in [0.29, 0.717) is 18.5 Å². The molecule has 3 N–H and O–H groups in total. The van der Waals surface area contributed by atoms with E-state index in [1.807, 2.05) is 6.07 Å². The van der Waals surface area contributed by atoms with Crippen LogP contribution in [0.4, 0.5) is 5.69 Å². The van der Waals surface area contributed by atoms with E-state index in [1.165, 1.54) is 6.08 Å². The van der Waals surface area contributed by atoms with Crippen molar-refractivity contribution in [3.8, 4) is 0 Å². The molecule has 1 atom stereocenters. The van der Waals surface area contributed by atoms with E-state index in [-0.39, 0.29) is 23.5 Å². The summed E-state index contributed by atoms with van der Waals surface area (Å²) in [5.74, 6) is -0.0295. The van der Waals surface area contributed by atoms with Crippen LogP contribution in [0.25, 0.3) is 6.08 Å². The molecule has 1 saturated heterocycles. The second kappa shape index (κ2) is 6.09. The van der Waals surface area contributed by atoms with Gasteiger partial charge in [-0.05, 0) is 36.6 Å². The Morgan fingerprint density at radius 3 is 2.90 bits per heavy atom. The van der Waals surface area contributed by atoms with Gasteiger partial charge in [0, 0.05) is 17.8 Å². The standard InChI is InChI=1S/C14H18N2O3S/c15-12-4-1-3-11(9-12)6-7-14(17)16-13-5-2-8-20(18,19)10-13/h1,3-4,6-7,9,13H,2,5,8,10,15H2,(H,16,17)/b7-6+. The summed E-state index contributed by atoms with van der Waals surface area (Å²) in [6, 6.07) is 6.89. The zero-order valence-electron chi connectivity index (χ0n) is 11.1. The lowest BCUT2D eigenvalue weighted by Crippen LogP contribution is -2.42. The minimum Gasteiger partial charge on any atom is -0.399 e. The maximum absolute atomic E-state index is 11.8. The molecule has 1 aromatic carbocycles. The van der Waals surface area contributed by atoms with E-state index in [4.69, 9.17) is 5.73 Å². The predicted molar refractivity (Wildman–Crippen MR) is 79.7 cm³/mol. The average Bonchev–Trinajstić information content (AvgIpc) is 2.35. The summed E-state index contributed by atoms with van der Waals surface area (Å²) in [6.45, 7) is 0. The van der Waals surface area contributed by atoms with Gasteiger partial charge in [0.2, 0.25) is 5.91 Å². The molecule has 1 aliphatic rings. The molecule has 1 aliphatic heterocycles. The first-order valence-corrected chi connectivity index (χ1v) is 8.31. The monoisotopic (exact) mass is 294 g/mol. The molecule has 5 nitrogen and oxygen atoms in total. The van der Waals surface area contributed by atoms with Crippen molar-refractivity contribution in [1.82, 2.24) is 5.32 Å². The average molecular weight is 294 g/mol. The molecule has 0 aromatic heterocycles. The van der Waals surface area contributed by atoms with Crippen LogP contribution in [-0.4, -0.2) is 31.9 Å². The van der Waals surface area contributed by atoms with Crippen LogP contribution in [-0.2, 0) is 14.6 Å². The molecule has 20 heavy (non-hydrogen) atoms. The Hall–Kier alpha value is -1.82. The molecule has 1 aromatic rings. The van der Waals surface area contributed by atoms with Crippen LogP contribution >= 0.6 is 0 Å². The van der Waals surface area contributed by atoms with Gasteiger partial charge in [-0.25, -0.2) is 8.42 Å². The molecule has 1 heterocycles. The molecule has 1 amide bonds. The minimum atomic E-state index is -3.01. The van der Waals surface area contributed by atoms with Crippen molar-refractivity contribution in [1.29, 1.82) is 0 Å². The summed E-state index contributed by atoms with van der Waals surface area (Å²) in [6.07, 6.45) is 4.36. The third-order valence-electron chi connectivity index (χ3n) is 3.15. The number of hydrogen-bond donors (Lipinski definition) is 2. The van der Waals surface area contributed by atoms with E-state index in [2.05, 4.69) is 5.32 Å². The Morgan fingerprint density at radius 1 is 1.40 bits per heavy atom. The molecule has 0 saturated carbocycles. The van der Waals surface area contributed by atoms with Crippen LogP contribution in [0.15, 0.2) is 30.3 Å². The maximum Gasteiger partial charge on any atom is 0.244 e. The van der Waals surface area contributed by atoms with Gasteiger partial charge >= 0.3 is 0 Å². The summed E-state index contributed by atoms with van der Waals surface area (Å²) < 4.78 is 23.0. The molecule has 6 heteroatoms. The summed E-state index contributed by atoms with van der Waals surface area (Å²) in [7, 11) is -3.01. The van der Waals surface area contributed by atoms with Gasteiger partial charge < -0.3 is 11.1 Å². The van der Waals surface area contributed by atoms with Crippen LogP contribution < -0.4 is 11.1 Å². The molecule has 0 spiro atoms. The van der Waals surface area contributed by atoms with Crippen molar-refractivity contribution in [2.45, 2.75) is 18.9 Å². The fourth-order valence-corrected chi connectivity index (χ4v) is 3.86. The third-order valence-corrected chi connectivity index (χ3v) is 4.97. The highest BCUT2D eigenvalue weighted by Crippen LogP contribution is 2.12. The highest BCUT2D eigenvalue weighted by molar-refractivity contribution is 7.91. The lowest BCUT2D eigenvalue weighted by molar-refractivity contribution is -0.117. The number of hydrogen-bond acceptors (Lipinski definition) is 4. The van der Waals surface area contributed by atoms with Crippen molar-refractivity contribution in [3.63, 3.8) is 0 Å². The molecule has 0 radical (unpaired) electrons. The van der Waals surface area contributed by atoms with Gasteiger partial charge in [0.25, 0.3) is 0 Å².